The van der Waals surface area contributed by atoms with Crippen LogP contribution in [0.15, 0.2) is 12.1 Å². The van der Waals surface area contributed by atoms with Crippen molar-refractivity contribution in [2.75, 3.05) is 0 Å². The van der Waals surface area contributed by atoms with Gasteiger partial charge in [-0.15, -0.1) is 8.80 Å². The molecule has 134 valence electrons. The zero-order valence-electron chi connectivity index (χ0n) is 17.9. The fourth-order valence-electron chi connectivity index (χ4n) is 2.27. The average Bonchev–Trinajstić information content (AvgIpc) is 2.75. The third-order valence-electron chi connectivity index (χ3n) is 4.36. The maximum atomic E-state index is 3.78. The van der Waals surface area contributed by atoms with Crippen LogP contribution >= 0.6 is 0 Å². The van der Waals surface area contributed by atoms with Crippen LogP contribution in [0.1, 0.15) is 44.5 Å². The van der Waals surface area contributed by atoms with Crippen LogP contribution < -0.4 is 0 Å². The van der Waals surface area contributed by atoms with Gasteiger partial charge in [0, 0.05) is 0 Å². The monoisotopic (exact) mass is 420 g/mol. The molecule has 0 unspecified atom stereocenters. The summed E-state index contributed by atoms with van der Waals surface area (Å²) in [6.45, 7) is 25.5. The molecule has 2 heteroatoms. The summed E-state index contributed by atoms with van der Waals surface area (Å²) in [4.78, 5) is 0. The first-order chi connectivity index (χ1) is 9.98. The van der Waals surface area contributed by atoms with Gasteiger partial charge < -0.3 is 14.0 Å². The van der Waals surface area contributed by atoms with E-state index in [9.17, 15) is 0 Å². The zero-order chi connectivity index (χ0) is 17.6. The Balaban J connectivity index is -0.000000283. The number of rotatable bonds is 0. The quantitative estimate of drug-likeness (QED) is 0.333. The Morgan fingerprint density at radius 1 is 0.750 bits per heavy atom. The van der Waals surface area contributed by atoms with Crippen LogP contribution in [-0.2, 0) is 26.2 Å². The van der Waals surface area contributed by atoms with Gasteiger partial charge in [-0.3, -0.25) is 0 Å². The Labute approximate surface area is 173 Å². The molecule has 2 rings (SSSR count). The largest absolute Gasteiger partial charge is 4.00 e. The summed E-state index contributed by atoms with van der Waals surface area (Å²) in [5.41, 5.74) is 11.5. The van der Waals surface area contributed by atoms with E-state index < -0.39 is 0 Å². The molecule has 0 atom stereocenters. The second-order valence-corrected chi connectivity index (χ2v) is 9.70. The van der Waals surface area contributed by atoms with E-state index >= 15 is 0 Å². The normalized spacial score (nSPS) is 9.17. The summed E-state index contributed by atoms with van der Waals surface area (Å²) in [6.07, 6.45) is 0. The van der Waals surface area contributed by atoms with E-state index in [0.717, 1.165) is 0 Å². The van der Waals surface area contributed by atoms with Crippen LogP contribution in [0, 0.1) is 69.4 Å². The predicted molar refractivity (Wildman–Crippen MR) is 113 cm³/mol. The molecule has 0 aliphatic rings. The summed E-state index contributed by atoms with van der Waals surface area (Å²) in [6, 6.07) is 4.48. The minimum atomic E-state index is -0.389. The Hall–Kier alpha value is -0.200. The van der Waals surface area contributed by atoms with Crippen LogP contribution in [0.3, 0.4) is 0 Å². The van der Waals surface area contributed by atoms with Crippen molar-refractivity contribution in [1.82, 2.24) is 0 Å². The Bertz CT molecular complexity index is 488. The molecule has 0 N–H and O–H groups in total. The van der Waals surface area contributed by atoms with E-state index in [4.69, 9.17) is 0 Å². The van der Waals surface area contributed by atoms with Crippen LogP contribution in [0.5, 0.6) is 0 Å². The molecule has 0 bridgehead atoms. The molecule has 0 spiro atoms. The van der Waals surface area contributed by atoms with Crippen molar-refractivity contribution in [2.24, 2.45) is 0 Å². The van der Waals surface area contributed by atoms with E-state index in [1.54, 1.807) is 0 Å². The maximum absolute atomic E-state index is 3.78. The summed E-state index contributed by atoms with van der Waals surface area (Å²) in [5, 5.41) is 0. The van der Waals surface area contributed by atoms with Gasteiger partial charge in [-0.25, -0.2) is 0 Å². The van der Waals surface area contributed by atoms with Crippen LogP contribution in [-0.4, -0.2) is 8.80 Å². The van der Waals surface area contributed by atoms with Gasteiger partial charge in [0.2, 0.25) is 0 Å². The van der Waals surface area contributed by atoms with Crippen molar-refractivity contribution < 1.29 is 26.2 Å². The van der Waals surface area contributed by atoms with Gasteiger partial charge >= 0.3 is 26.2 Å². The molecule has 0 saturated carbocycles. The molecule has 0 saturated heterocycles. The molecule has 0 aliphatic carbocycles. The first-order valence-corrected chi connectivity index (χ1v) is 11.3. The van der Waals surface area contributed by atoms with Crippen molar-refractivity contribution in [3.63, 3.8) is 0 Å². The van der Waals surface area contributed by atoms with Gasteiger partial charge in [-0.2, -0.15) is 56.6 Å². The number of aryl methyl sites for hydroxylation is 4. The molecule has 24 heavy (non-hydrogen) atoms. The van der Waals surface area contributed by atoms with Crippen molar-refractivity contribution >= 4 is 8.80 Å². The van der Waals surface area contributed by atoms with E-state index in [0.29, 0.717) is 0 Å². The van der Waals surface area contributed by atoms with E-state index in [1.165, 1.54) is 44.5 Å². The van der Waals surface area contributed by atoms with Gasteiger partial charge in [0.05, 0.1) is 0 Å². The number of hydrogen-bond acceptors (Lipinski definition) is 0. The second-order valence-electron chi connectivity index (χ2n) is 6.91. The first kappa shape index (κ1) is 28.6. The van der Waals surface area contributed by atoms with Crippen LogP contribution in [0.2, 0.25) is 13.1 Å². The molecule has 0 radical (unpaired) electrons. The second kappa shape index (κ2) is 13.1. The predicted octanol–water partition coefficient (Wildman–Crippen LogP) is 6.57. The van der Waals surface area contributed by atoms with Crippen LogP contribution in [0.25, 0.3) is 0 Å². The summed E-state index contributed by atoms with van der Waals surface area (Å²) in [7, 11) is -0.389. The van der Waals surface area contributed by atoms with Crippen molar-refractivity contribution in [3.05, 3.63) is 70.6 Å². The standard InChI is InChI=1S/2C9H13.C3H9Si.CH3.Zr/c2*1-6-5-7(2)9(4)8(6)3;1-4(2)3;;/h2*5H,1-4H3;4H,1H2,2-3H3;1H3;/q4*-1;+4. The summed E-state index contributed by atoms with van der Waals surface area (Å²) < 4.78 is 0. The van der Waals surface area contributed by atoms with Crippen molar-refractivity contribution in [1.29, 1.82) is 0 Å². The third kappa shape index (κ3) is 9.33. The van der Waals surface area contributed by atoms with E-state index in [2.05, 4.69) is 87.2 Å². The molecule has 0 fully saturated rings. The van der Waals surface area contributed by atoms with Gasteiger partial charge in [-0.05, 0) is 0 Å². The smallest absolute Gasteiger partial charge is 0.358 e. The fourth-order valence-corrected chi connectivity index (χ4v) is 2.27. The molecule has 2 aromatic rings. The SMILES string of the molecule is Cc1c[c-](C)c(C)c1C.Cc1c[c-](C)c(C)c1C.[CH2-][SiH](C)C.[CH3-].[Zr+4]. The summed E-state index contributed by atoms with van der Waals surface area (Å²) >= 11 is 0. The molecule has 0 heterocycles. The van der Waals surface area contributed by atoms with Crippen molar-refractivity contribution in [3.8, 4) is 0 Å². The zero-order valence-corrected chi connectivity index (χ0v) is 21.6. The molecular weight excluding hydrogens is 384 g/mol. The van der Waals surface area contributed by atoms with E-state index in [1.807, 2.05) is 0 Å². The van der Waals surface area contributed by atoms with Crippen molar-refractivity contribution in [2.45, 2.75) is 68.5 Å². The van der Waals surface area contributed by atoms with Gasteiger partial charge in [0.25, 0.3) is 0 Å². The molecule has 2 aromatic carbocycles. The molecule has 0 aliphatic heterocycles. The molecule has 0 aromatic heterocycles. The Morgan fingerprint density at radius 3 is 1.00 bits per heavy atom. The molecular formula is C22H38SiZr. The maximum Gasteiger partial charge on any atom is 4.00 e. The van der Waals surface area contributed by atoms with Crippen LogP contribution in [0.4, 0.5) is 0 Å². The molecule has 0 amide bonds. The van der Waals surface area contributed by atoms with Gasteiger partial charge in [0.1, 0.15) is 0 Å². The Kier molecular flexibility index (Phi) is 15.6. The minimum absolute atomic E-state index is 0. The van der Waals surface area contributed by atoms with Gasteiger partial charge in [-0.1, -0.05) is 68.5 Å². The first-order valence-electron chi connectivity index (χ1n) is 8.22. The van der Waals surface area contributed by atoms with Gasteiger partial charge in [0.15, 0.2) is 0 Å². The minimum Gasteiger partial charge on any atom is -0.358 e. The Morgan fingerprint density at radius 2 is 0.958 bits per heavy atom. The van der Waals surface area contributed by atoms with E-state index in [-0.39, 0.29) is 42.4 Å². The topological polar surface area (TPSA) is 0 Å². The molecule has 0 nitrogen and oxygen atoms in total. The number of hydrogen-bond donors (Lipinski definition) is 0. The third-order valence-corrected chi connectivity index (χ3v) is 4.36. The summed E-state index contributed by atoms with van der Waals surface area (Å²) in [5.74, 6) is 0. The fraction of sp³-hybridized carbons (Fsp3) is 0.455. The average molecular weight is 422 g/mol.